The van der Waals surface area contributed by atoms with E-state index in [-0.39, 0.29) is 0 Å². The minimum Gasteiger partial charge on any atom is -0.383 e. The van der Waals surface area contributed by atoms with Crippen LogP contribution in [0.2, 0.25) is 0 Å². The third-order valence-electron chi connectivity index (χ3n) is 1.38. The third kappa shape index (κ3) is 2.34. The van der Waals surface area contributed by atoms with Gasteiger partial charge in [0, 0.05) is 18.0 Å². The number of nitrogens with zero attached hydrogens (tertiary/aromatic N) is 1. The summed E-state index contributed by atoms with van der Waals surface area (Å²) in [5.41, 5.74) is 7.17. The highest BCUT2D eigenvalue weighted by atomic mass is 14.8. The number of rotatable bonds is 1. The highest BCUT2D eigenvalue weighted by molar-refractivity contribution is 5.85. The van der Waals surface area contributed by atoms with Crippen LogP contribution in [-0.4, -0.2) is 11.2 Å². The minimum atomic E-state index is 0.426. The van der Waals surface area contributed by atoms with Crippen molar-refractivity contribution in [3.05, 3.63) is 23.4 Å². The summed E-state index contributed by atoms with van der Waals surface area (Å²) >= 11 is 0. The minimum absolute atomic E-state index is 0.426. The van der Waals surface area contributed by atoms with E-state index in [1.807, 2.05) is 26.8 Å². The Kier molecular flexibility index (Phi) is 4.69. The summed E-state index contributed by atoms with van der Waals surface area (Å²) in [7, 11) is 0. The van der Waals surface area contributed by atoms with Crippen molar-refractivity contribution in [1.29, 1.82) is 5.41 Å². The largest absolute Gasteiger partial charge is 0.383 e. The molecule has 0 atom stereocenters. The number of aryl methyl sites for hydroxylation is 1. The number of nitrogens with one attached hydrogen (secondary N) is 1. The van der Waals surface area contributed by atoms with Crippen LogP contribution in [0.1, 0.15) is 25.0 Å². The molecule has 1 heterocycles. The van der Waals surface area contributed by atoms with Gasteiger partial charge in [0.25, 0.3) is 0 Å². The number of hydrogen-bond acceptors (Lipinski definition) is 3. The van der Waals surface area contributed by atoms with Gasteiger partial charge in [-0.05, 0) is 18.6 Å². The predicted molar refractivity (Wildman–Crippen MR) is 52.6 cm³/mol. The standard InChI is InChI=1S/C7H9N3.C2H6/c1-5-2-3-10-7(9)6(5)4-8;1-2/h2-4,8H,1H3,(H2,9,10);1-2H3. The molecule has 0 saturated carbocycles. The molecule has 0 aliphatic heterocycles. The Hall–Kier alpha value is -1.38. The summed E-state index contributed by atoms with van der Waals surface area (Å²) in [6, 6.07) is 1.83. The van der Waals surface area contributed by atoms with Gasteiger partial charge in [0.05, 0.1) is 0 Å². The second-order valence-electron chi connectivity index (χ2n) is 2.07. The van der Waals surface area contributed by atoms with Crippen molar-refractivity contribution in [3.8, 4) is 0 Å². The molecule has 0 aliphatic rings. The lowest BCUT2D eigenvalue weighted by Crippen LogP contribution is -1.97. The van der Waals surface area contributed by atoms with Gasteiger partial charge in [0.15, 0.2) is 0 Å². The number of aromatic nitrogens is 1. The zero-order valence-electron chi connectivity index (χ0n) is 7.76. The van der Waals surface area contributed by atoms with E-state index in [2.05, 4.69) is 4.98 Å². The first kappa shape index (κ1) is 10.6. The topological polar surface area (TPSA) is 62.8 Å². The third-order valence-corrected chi connectivity index (χ3v) is 1.38. The molecule has 0 aliphatic carbocycles. The van der Waals surface area contributed by atoms with Crippen molar-refractivity contribution < 1.29 is 0 Å². The van der Waals surface area contributed by atoms with Gasteiger partial charge in [-0.3, -0.25) is 0 Å². The quantitative estimate of drug-likeness (QED) is 0.625. The van der Waals surface area contributed by atoms with E-state index in [0.717, 1.165) is 5.56 Å². The molecule has 1 aromatic heterocycles. The summed E-state index contributed by atoms with van der Waals surface area (Å²) < 4.78 is 0. The number of hydrogen-bond donors (Lipinski definition) is 2. The molecule has 66 valence electrons. The molecular weight excluding hydrogens is 150 g/mol. The van der Waals surface area contributed by atoms with Crippen LogP contribution in [0.3, 0.4) is 0 Å². The number of nitrogen functional groups attached to an aromatic ring is 1. The molecule has 0 bridgehead atoms. The lowest BCUT2D eigenvalue weighted by Gasteiger charge is -1.99. The van der Waals surface area contributed by atoms with Gasteiger partial charge >= 0.3 is 0 Å². The first-order valence-corrected chi connectivity index (χ1v) is 3.97. The molecular formula is C9H15N3. The molecule has 0 amide bonds. The first-order chi connectivity index (χ1) is 5.75. The monoisotopic (exact) mass is 165 g/mol. The molecule has 1 aromatic rings. The van der Waals surface area contributed by atoms with Crippen molar-refractivity contribution in [2.45, 2.75) is 20.8 Å². The van der Waals surface area contributed by atoms with Crippen molar-refractivity contribution in [1.82, 2.24) is 4.98 Å². The zero-order valence-corrected chi connectivity index (χ0v) is 7.76. The highest BCUT2D eigenvalue weighted by Gasteiger charge is 1.97. The van der Waals surface area contributed by atoms with Gasteiger partial charge in [-0.15, -0.1) is 0 Å². The van der Waals surface area contributed by atoms with Crippen molar-refractivity contribution >= 4 is 12.0 Å². The zero-order chi connectivity index (χ0) is 9.56. The van der Waals surface area contributed by atoms with Crippen LogP contribution in [0.15, 0.2) is 12.3 Å². The molecule has 0 unspecified atom stereocenters. The highest BCUT2D eigenvalue weighted by Crippen LogP contribution is 2.09. The van der Waals surface area contributed by atoms with E-state index in [1.165, 1.54) is 6.21 Å². The molecule has 3 nitrogen and oxygen atoms in total. The molecule has 0 radical (unpaired) electrons. The summed E-state index contributed by atoms with van der Waals surface area (Å²) in [5, 5.41) is 6.98. The number of pyridine rings is 1. The fraction of sp³-hybridized carbons (Fsp3) is 0.333. The molecule has 0 saturated heterocycles. The second kappa shape index (κ2) is 5.29. The van der Waals surface area contributed by atoms with Gasteiger partial charge in [-0.25, -0.2) is 4.98 Å². The molecule has 0 spiro atoms. The second-order valence-corrected chi connectivity index (χ2v) is 2.07. The normalized spacial score (nSPS) is 8.25. The van der Waals surface area contributed by atoms with Crippen LogP contribution in [0, 0.1) is 12.3 Å². The average molecular weight is 165 g/mol. The molecule has 12 heavy (non-hydrogen) atoms. The Morgan fingerprint density at radius 2 is 2.08 bits per heavy atom. The number of nitrogens with two attached hydrogens (primary N) is 1. The Balaban J connectivity index is 0.000000561. The van der Waals surface area contributed by atoms with Crippen LogP contribution in [0.5, 0.6) is 0 Å². The predicted octanol–water partition coefficient (Wildman–Crippen LogP) is 2.00. The Bertz CT molecular complexity index is 236. The molecule has 3 heteroatoms. The molecule has 0 fully saturated rings. The molecule has 1 rings (SSSR count). The first-order valence-electron chi connectivity index (χ1n) is 3.97. The van der Waals surface area contributed by atoms with Crippen molar-refractivity contribution in [2.24, 2.45) is 0 Å². The van der Waals surface area contributed by atoms with Gasteiger partial charge in [-0.1, -0.05) is 13.8 Å². The van der Waals surface area contributed by atoms with Crippen LogP contribution in [-0.2, 0) is 0 Å². The lowest BCUT2D eigenvalue weighted by atomic mass is 10.1. The number of anilines is 1. The summed E-state index contributed by atoms with van der Waals surface area (Å²) in [4.78, 5) is 3.84. The van der Waals surface area contributed by atoms with E-state index in [1.54, 1.807) is 6.20 Å². The summed E-state index contributed by atoms with van der Waals surface area (Å²) in [6.45, 7) is 5.90. The van der Waals surface area contributed by atoms with Crippen LogP contribution in [0.4, 0.5) is 5.82 Å². The van der Waals surface area contributed by atoms with Crippen LogP contribution in [0.25, 0.3) is 0 Å². The maximum Gasteiger partial charge on any atom is 0.132 e. The van der Waals surface area contributed by atoms with Crippen molar-refractivity contribution in [3.63, 3.8) is 0 Å². The average Bonchev–Trinajstić information content (AvgIpc) is 2.08. The van der Waals surface area contributed by atoms with Crippen LogP contribution < -0.4 is 5.73 Å². The van der Waals surface area contributed by atoms with Gasteiger partial charge < -0.3 is 11.1 Å². The van der Waals surface area contributed by atoms with E-state index in [0.29, 0.717) is 11.4 Å². The Morgan fingerprint density at radius 3 is 2.42 bits per heavy atom. The lowest BCUT2D eigenvalue weighted by molar-refractivity contribution is 1.28. The smallest absolute Gasteiger partial charge is 0.132 e. The van der Waals surface area contributed by atoms with Gasteiger partial charge in [0.1, 0.15) is 5.82 Å². The summed E-state index contributed by atoms with van der Waals surface area (Å²) in [6.07, 6.45) is 2.86. The van der Waals surface area contributed by atoms with Gasteiger partial charge in [0.2, 0.25) is 0 Å². The fourth-order valence-corrected chi connectivity index (χ4v) is 0.778. The SMILES string of the molecule is CC.Cc1ccnc(N)c1C=N. The van der Waals surface area contributed by atoms with Gasteiger partial charge in [-0.2, -0.15) is 0 Å². The van der Waals surface area contributed by atoms with E-state index >= 15 is 0 Å². The summed E-state index contributed by atoms with van der Waals surface area (Å²) in [5.74, 6) is 0.426. The Labute approximate surface area is 73.1 Å². The molecule has 0 aromatic carbocycles. The Morgan fingerprint density at radius 1 is 1.50 bits per heavy atom. The maximum absolute atomic E-state index is 6.98. The fourth-order valence-electron chi connectivity index (χ4n) is 0.778. The van der Waals surface area contributed by atoms with E-state index in [4.69, 9.17) is 11.1 Å². The van der Waals surface area contributed by atoms with E-state index in [9.17, 15) is 0 Å². The molecule has 3 N–H and O–H groups in total. The maximum atomic E-state index is 6.98. The van der Waals surface area contributed by atoms with Crippen molar-refractivity contribution in [2.75, 3.05) is 5.73 Å². The van der Waals surface area contributed by atoms with E-state index < -0.39 is 0 Å². The van der Waals surface area contributed by atoms with Crippen LogP contribution >= 0.6 is 0 Å².